The van der Waals surface area contributed by atoms with Crippen molar-refractivity contribution in [1.82, 2.24) is 5.32 Å². The lowest BCUT2D eigenvalue weighted by atomic mass is 9.99. The normalized spacial score (nSPS) is 17.1. The van der Waals surface area contributed by atoms with Crippen LogP contribution in [0.1, 0.15) is 38.5 Å². The number of carboxylic acid groups (broad SMARTS) is 2. The lowest BCUT2D eigenvalue weighted by Gasteiger charge is -2.08. The molecule has 0 atom stereocenters. The first-order valence-electron chi connectivity index (χ1n) is 5.27. The van der Waals surface area contributed by atoms with E-state index >= 15 is 0 Å². The van der Waals surface area contributed by atoms with Gasteiger partial charge in [0, 0.05) is 6.54 Å². The Morgan fingerprint density at radius 2 is 1.80 bits per heavy atom. The quantitative estimate of drug-likeness (QED) is 0.564. The Labute approximate surface area is 88.5 Å². The number of rotatable bonds is 7. The molecule has 0 aromatic rings. The highest BCUT2D eigenvalue weighted by atomic mass is 16.4. The van der Waals surface area contributed by atoms with Crippen LogP contribution in [-0.4, -0.2) is 28.8 Å². The fourth-order valence-electron chi connectivity index (χ4n) is 1.68. The number of aliphatic carboxylic acids is 1. The van der Waals surface area contributed by atoms with Gasteiger partial charge in [-0.1, -0.05) is 12.8 Å². The van der Waals surface area contributed by atoms with E-state index < -0.39 is 17.5 Å². The molecule has 1 rings (SSSR count). The zero-order valence-corrected chi connectivity index (χ0v) is 8.66. The van der Waals surface area contributed by atoms with Crippen LogP contribution in [0.4, 0.5) is 4.79 Å². The van der Waals surface area contributed by atoms with E-state index in [4.69, 9.17) is 10.2 Å². The minimum Gasteiger partial charge on any atom is -0.481 e. The number of unbranched alkanes of at least 4 members (excludes halogenated alkanes) is 2. The molecule has 0 spiro atoms. The minimum absolute atomic E-state index is 0.430. The topological polar surface area (TPSA) is 86.6 Å². The third kappa shape index (κ3) is 3.77. The van der Waals surface area contributed by atoms with Crippen molar-refractivity contribution in [2.24, 2.45) is 5.41 Å². The lowest BCUT2D eigenvalue weighted by molar-refractivity contribution is -0.143. The Morgan fingerprint density at radius 1 is 1.13 bits per heavy atom. The van der Waals surface area contributed by atoms with Gasteiger partial charge in [-0.3, -0.25) is 4.79 Å². The molecule has 5 nitrogen and oxygen atoms in total. The molecule has 1 aliphatic rings. The number of nitrogens with one attached hydrogen (secondary N) is 1. The highest BCUT2D eigenvalue weighted by molar-refractivity contribution is 5.77. The van der Waals surface area contributed by atoms with Gasteiger partial charge in [0.25, 0.3) is 0 Å². The SMILES string of the molecule is O=C(O)NCCCCCC1(C(=O)O)CC1. The molecule has 15 heavy (non-hydrogen) atoms. The van der Waals surface area contributed by atoms with Gasteiger partial charge in [0.15, 0.2) is 0 Å². The Balaban J connectivity index is 1.98. The molecule has 1 fully saturated rings. The average molecular weight is 215 g/mol. The van der Waals surface area contributed by atoms with Crippen molar-refractivity contribution in [2.45, 2.75) is 38.5 Å². The fourth-order valence-corrected chi connectivity index (χ4v) is 1.68. The van der Waals surface area contributed by atoms with Gasteiger partial charge in [-0.05, 0) is 25.7 Å². The van der Waals surface area contributed by atoms with E-state index in [1.54, 1.807) is 0 Å². The van der Waals surface area contributed by atoms with E-state index in [1.807, 2.05) is 0 Å². The standard InChI is InChI=1S/C10H17NO4/c12-8(13)10(5-6-10)4-2-1-3-7-11-9(14)15/h11H,1-7H2,(H,12,13)(H,14,15). The summed E-state index contributed by atoms with van der Waals surface area (Å²) in [6.07, 6.45) is 3.87. The smallest absolute Gasteiger partial charge is 0.404 e. The van der Waals surface area contributed by atoms with Crippen LogP contribution < -0.4 is 5.32 Å². The molecule has 86 valence electrons. The summed E-state index contributed by atoms with van der Waals surface area (Å²) in [7, 11) is 0. The monoisotopic (exact) mass is 215 g/mol. The van der Waals surface area contributed by atoms with Crippen molar-refractivity contribution < 1.29 is 19.8 Å². The Morgan fingerprint density at radius 3 is 2.27 bits per heavy atom. The Hall–Kier alpha value is -1.26. The van der Waals surface area contributed by atoms with E-state index in [-0.39, 0.29) is 0 Å². The van der Waals surface area contributed by atoms with E-state index in [0.29, 0.717) is 6.54 Å². The van der Waals surface area contributed by atoms with E-state index in [9.17, 15) is 9.59 Å². The van der Waals surface area contributed by atoms with E-state index in [1.165, 1.54) is 0 Å². The Bertz CT molecular complexity index is 248. The van der Waals surface area contributed by atoms with Gasteiger partial charge in [0.1, 0.15) is 0 Å². The molecule has 1 aliphatic carbocycles. The third-order valence-electron chi connectivity index (χ3n) is 2.92. The largest absolute Gasteiger partial charge is 0.481 e. The van der Waals surface area contributed by atoms with Crippen molar-refractivity contribution in [1.29, 1.82) is 0 Å². The first kappa shape index (κ1) is 11.8. The summed E-state index contributed by atoms with van der Waals surface area (Å²) in [4.78, 5) is 20.9. The van der Waals surface area contributed by atoms with E-state index in [2.05, 4.69) is 5.32 Å². The number of hydrogen-bond donors (Lipinski definition) is 3. The van der Waals surface area contributed by atoms with Crippen LogP contribution in [0.3, 0.4) is 0 Å². The van der Waals surface area contributed by atoms with Crippen LogP contribution in [0.2, 0.25) is 0 Å². The molecule has 0 aromatic carbocycles. The molecule has 1 saturated carbocycles. The second kappa shape index (κ2) is 5.00. The summed E-state index contributed by atoms with van der Waals surface area (Å²) < 4.78 is 0. The van der Waals surface area contributed by atoms with Crippen molar-refractivity contribution in [3.63, 3.8) is 0 Å². The Kier molecular flexibility index (Phi) is 3.94. The van der Waals surface area contributed by atoms with Crippen molar-refractivity contribution >= 4 is 12.1 Å². The molecule has 0 heterocycles. The molecule has 5 heteroatoms. The maximum atomic E-state index is 10.8. The maximum Gasteiger partial charge on any atom is 0.404 e. The third-order valence-corrected chi connectivity index (χ3v) is 2.92. The lowest BCUT2D eigenvalue weighted by Crippen LogP contribution is -2.21. The van der Waals surface area contributed by atoms with Crippen LogP contribution in [0, 0.1) is 5.41 Å². The summed E-state index contributed by atoms with van der Waals surface area (Å²) in [6, 6.07) is 0. The first-order valence-corrected chi connectivity index (χ1v) is 5.27. The van der Waals surface area contributed by atoms with Crippen molar-refractivity contribution in [2.75, 3.05) is 6.54 Å². The minimum atomic E-state index is -1.00. The summed E-state index contributed by atoms with van der Waals surface area (Å²) in [6.45, 7) is 0.454. The molecule has 1 amide bonds. The number of carbonyl (C=O) groups is 2. The summed E-state index contributed by atoms with van der Waals surface area (Å²) in [5.74, 6) is -0.675. The predicted octanol–water partition coefficient (Wildman–Crippen LogP) is 1.68. The number of amides is 1. The van der Waals surface area contributed by atoms with Gasteiger partial charge in [0.2, 0.25) is 0 Å². The van der Waals surface area contributed by atoms with Crippen LogP contribution in [0.5, 0.6) is 0 Å². The molecular formula is C10H17NO4. The maximum absolute atomic E-state index is 10.8. The van der Waals surface area contributed by atoms with Gasteiger partial charge in [-0.15, -0.1) is 0 Å². The second-order valence-corrected chi connectivity index (χ2v) is 4.13. The van der Waals surface area contributed by atoms with E-state index in [0.717, 1.165) is 38.5 Å². The summed E-state index contributed by atoms with van der Waals surface area (Å²) in [5.41, 5.74) is -0.430. The molecule has 0 aliphatic heterocycles. The molecule has 3 N–H and O–H groups in total. The number of hydrogen-bond acceptors (Lipinski definition) is 2. The van der Waals surface area contributed by atoms with Gasteiger partial charge in [-0.2, -0.15) is 0 Å². The highest BCUT2D eigenvalue weighted by Crippen LogP contribution is 2.50. The summed E-state index contributed by atoms with van der Waals surface area (Å²) >= 11 is 0. The molecule has 0 aromatic heterocycles. The van der Waals surface area contributed by atoms with Gasteiger partial charge >= 0.3 is 12.1 Å². The van der Waals surface area contributed by atoms with Crippen LogP contribution in [0.15, 0.2) is 0 Å². The fraction of sp³-hybridized carbons (Fsp3) is 0.800. The van der Waals surface area contributed by atoms with Gasteiger partial charge < -0.3 is 15.5 Å². The summed E-state index contributed by atoms with van der Waals surface area (Å²) in [5, 5.41) is 19.5. The predicted molar refractivity (Wildman–Crippen MR) is 53.8 cm³/mol. The van der Waals surface area contributed by atoms with Gasteiger partial charge in [0.05, 0.1) is 5.41 Å². The number of carboxylic acids is 1. The zero-order valence-electron chi connectivity index (χ0n) is 8.66. The molecule has 0 bridgehead atoms. The van der Waals surface area contributed by atoms with Crippen molar-refractivity contribution in [3.8, 4) is 0 Å². The van der Waals surface area contributed by atoms with Crippen LogP contribution in [-0.2, 0) is 4.79 Å². The van der Waals surface area contributed by atoms with Gasteiger partial charge in [-0.25, -0.2) is 4.79 Å². The van der Waals surface area contributed by atoms with Crippen LogP contribution in [0.25, 0.3) is 0 Å². The first-order chi connectivity index (χ1) is 7.07. The second-order valence-electron chi connectivity index (χ2n) is 4.13. The highest BCUT2D eigenvalue weighted by Gasteiger charge is 2.49. The molecule has 0 saturated heterocycles. The molecular weight excluding hydrogens is 198 g/mol. The zero-order chi connectivity index (χ0) is 11.3. The molecule has 0 unspecified atom stereocenters. The van der Waals surface area contributed by atoms with Crippen molar-refractivity contribution in [3.05, 3.63) is 0 Å². The average Bonchev–Trinajstić information content (AvgIpc) is 2.91. The molecule has 0 radical (unpaired) electrons. The van der Waals surface area contributed by atoms with Crippen LogP contribution >= 0.6 is 0 Å².